The molecule has 24 rings (SSSR count). The molecule has 21 fully saturated rings. The highest BCUT2D eigenvalue weighted by Gasteiger charge is 2.60. The van der Waals surface area contributed by atoms with E-state index in [4.69, 9.17) is 70.8 Å². The summed E-state index contributed by atoms with van der Waals surface area (Å²) in [6.45, 7) is -7.21. The molecule has 38 nitrogen and oxygen atoms in total. The molecule has 21 aliphatic rings. The predicted molar refractivity (Wildman–Crippen MR) is 301 cm³/mol. The number of rotatable bonds is 11. The normalized spacial score (nSPS) is 46.6. The van der Waals surface area contributed by atoms with Crippen LogP contribution in [0, 0.1) is 0 Å². The van der Waals surface area contributed by atoms with Crippen molar-refractivity contribution in [3.63, 3.8) is 0 Å². The zero-order chi connectivity index (χ0) is 68.7. The molecule has 3 aromatic rings. The molecule has 538 valence electrons. The van der Waals surface area contributed by atoms with E-state index in [1.807, 2.05) is 30.3 Å². The summed E-state index contributed by atoms with van der Waals surface area (Å²) in [6.07, 6.45) is -71.1. The van der Waals surface area contributed by atoms with Gasteiger partial charge >= 0.3 is 0 Å². The first-order valence-electron chi connectivity index (χ1n) is 30.8. The zero-order valence-electron chi connectivity index (χ0n) is 50.4. The highest BCUT2D eigenvalue weighted by Crippen LogP contribution is 2.40. The SMILES string of the molecule is O=C(NC[C@H]1O[C@@H]2O[C@H]3[C@@H](O)[C@@H](O)[C@@H](O[C@H]4[C@H](O)[C@@H](O)[C@@H](O[C@H]5[C@H](O)[C@@H](O)[C@@H](O[C@H]6[C@H](O)[C@@H](O)[C@@H](O[C@H]7[C@H](O)[C@@H](O)[C@@H](O[C@H]8[C@H](O)[C@@H](O)[C@@H](O[C@H]1[C@H](O)[C@H]2O)O[C@@H]8CO)O[C@@H]7CO)O[C@@H]6CO)O[C@@H]5CO)O[C@@H]4CO)O[C@@H]3CO)c1conc1-c1ccc(-c2ccccc2)cc1. The number of aliphatic hydroxyl groups excluding tert-OH is 20. The van der Waals surface area contributed by atoms with Crippen LogP contribution in [0.3, 0.4) is 0 Å². The van der Waals surface area contributed by atoms with Crippen molar-refractivity contribution >= 4 is 5.91 Å². The molecule has 35 atom stereocenters. The molecule has 96 heavy (non-hydrogen) atoms. The maximum Gasteiger partial charge on any atom is 0.256 e. The van der Waals surface area contributed by atoms with E-state index in [1.54, 1.807) is 24.3 Å². The second-order valence-electron chi connectivity index (χ2n) is 24.2. The van der Waals surface area contributed by atoms with Crippen LogP contribution in [0.4, 0.5) is 0 Å². The first-order chi connectivity index (χ1) is 46.0. The number of aliphatic hydroxyl groups is 20. The summed E-state index contributed by atoms with van der Waals surface area (Å²) >= 11 is 0. The fourth-order valence-corrected chi connectivity index (χ4v) is 12.8. The lowest BCUT2D eigenvalue weighted by Gasteiger charge is -2.50. The first-order valence-corrected chi connectivity index (χ1v) is 30.8. The third-order valence-electron chi connectivity index (χ3n) is 18.1. The van der Waals surface area contributed by atoms with Crippen molar-refractivity contribution < 1.29 is 178 Å². The Morgan fingerprint density at radius 1 is 0.312 bits per heavy atom. The minimum Gasteiger partial charge on any atom is -0.394 e. The van der Waals surface area contributed by atoms with E-state index < -0.39 is 267 Å². The predicted octanol–water partition coefficient (Wildman–Crippen LogP) is -11.5. The Morgan fingerprint density at radius 3 is 0.823 bits per heavy atom. The molecule has 21 aliphatic heterocycles. The van der Waals surface area contributed by atoms with E-state index in [0.29, 0.717) is 5.56 Å². The van der Waals surface area contributed by atoms with Gasteiger partial charge in [-0.3, -0.25) is 4.79 Å². The van der Waals surface area contributed by atoms with Crippen LogP contribution >= 0.6 is 0 Å². The largest absolute Gasteiger partial charge is 0.394 e. The summed E-state index contributed by atoms with van der Waals surface area (Å²) in [5.41, 5.74) is 2.10. The van der Waals surface area contributed by atoms with Crippen molar-refractivity contribution in [3.8, 4) is 22.4 Å². The fourth-order valence-electron chi connectivity index (χ4n) is 12.8. The van der Waals surface area contributed by atoms with E-state index in [-0.39, 0.29) is 11.3 Å². The smallest absolute Gasteiger partial charge is 0.256 e. The molecule has 22 heterocycles. The standard InChI is InChI=1S/C58H80N2O36/c61-11-23-45-32(69)39(76)54(85-23)93-47-25(13-63)87-56(41(78)34(47)71)95-49-27(15-65)89-58(43(80)36(49)73)96-50-28(16-66)88-57(42(79)35(50)72)94-48-26(14-64)86-55(40(77)33(48)70)92-46-24(12-62)84-53(38(75)31(46)68)90-44-22(83-52(91-45)37(74)30(44)67)10-59-51(81)21-17-82-60-29(21)20-8-6-19(7-9-20)18-4-2-1-3-5-18/h1-9,17,22-28,30-50,52-58,61-80H,10-16H2,(H,59,81)/t22-,23-,24-,25-,26-,27-,28-,30-,31-,32+,33-,34-,35-,36-,37-,38-,39-,40-,41-,42-,43-,44-,45-,46-,47-,48-,49-,50-,52-,53-,54-,55-,56-,57-,58-/m1/s1. The van der Waals surface area contributed by atoms with Crippen LogP contribution in [0.15, 0.2) is 65.4 Å². The number of carbonyl (C=O) groups excluding carboxylic acids is 1. The molecule has 0 aliphatic carbocycles. The van der Waals surface area contributed by atoms with Crippen molar-refractivity contribution in [2.75, 3.05) is 46.2 Å². The quantitative estimate of drug-likeness (QED) is 0.0848. The van der Waals surface area contributed by atoms with Crippen molar-refractivity contribution in [3.05, 3.63) is 66.4 Å². The van der Waals surface area contributed by atoms with Crippen LogP contribution in [0.2, 0.25) is 0 Å². The molecule has 21 N–H and O–H groups in total. The molecule has 38 heteroatoms. The Bertz CT molecular complexity index is 2930. The van der Waals surface area contributed by atoms with Gasteiger partial charge in [0.1, 0.15) is 188 Å². The Labute approximate surface area is 542 Å². The molecule has 0 radical (unpaired) electrons. The Hall–Kier alpha value is -4.24. The molecule has 1 aromatic heterocycles. The lowest BCUT2D eigenvalue weighted by molar-refractivity contribution is -0.396. The van der Waals surface area contributed by atoms with E-state index in [2.05, 4.69) is 10.5 Å². The maximum atomic E-state index is 14.2. The molecule has 0 saturated carbocycles. The van der Waals surface area contributed by atoms with Gasteiger partial charge in [-0.2, -0.15) is 0 Å². The lowest BCUT2D eigenvalue weighted by atomic mass is 9.95. The van der Waals surface area contributed by atoms with Gasteiger partial charge in [0, 0.05) is 12.1 Å². The average Bonchev–Trinajstić information content (AvgIpc) is 0.953. The summed E-state index contributed by atoms with van der Waals surface area (Å²) in [4.78, 5) is 14.2. The zero-order valence-corrected chi connectivity index (χ0v) is 50.4. The van der Waals surface area contributed by atoms with Gasteiger partial charge in [-0.25, -0.2) is 0 Å². The molecule has 0 spiro atoms. The first kappa shape index (κ1) is 73.0. The highest BCUT2D eigenvalue weighted by molar-refractivity contribution is 5.99. The molecule has 14 bridgehead atoms. The number of nitrogens with one attached hydrogen (secondary N) is 1. The summed E-state index contributed by atoms with van der Waals surface area (Å²) in [7, 11) is 0. The minimum atomic E-state index is -2.30. The van der Waals surface area contributed by atoms with Crippen LogP contribution in [0.1, 0.15) is 10.4 Å². The molecule has 1 amide bonds. The third kappa shape index (κ3) is 14.5. The number of hydrogen-bond acceptors (Lipinski definition) is 37. The van der Waals surface area contributed by atoms with Gasteiger partial charge < -0.3 is 178 Å². The van der Waals surface area contributed by atoms with Crippen molar-refractivity contribution in [2.24, 2.45) is 0 Å². The topological polar surface area (TPSA) is 589 Å². The van der Waals surface area contributed by atoms with Crippen LogP contribution in [0.5, 0.6) is 0 Å². The monoisotopic (exact) mass is 1380 g/mol. The average molecular weight is 1380 g/mol. The number of carbonyl (C=O) groups is 1. The lowest BCUT2D eigenvalue weighted by Crippen LogP contribution is -2.68. The van der Waals surface area contributed by atoms with E-state index in [9.17, 15) is 107 Å². The number of nitrogens with zero attached hydrogens (tertiary/aromatic N) is 1. The van der Waals surface area contributed by atoms with Crippen LogP contribution < -0.4 is 5.32 Å². The van der Waals surface area contributed by atoms with Gasteiger partial charge in [-0.1, -0.05) is 59.8 Å². The van der Waals surface area contributed by atoms with Gasteiger partial charge in [0.15, 0.2) is 44.0 Å². The molecular weight excluding hydrogens is 1300 g/mol. The molecular formula is C58H80N2O36. The van der Waals surface area contributed by atoms with Crippen molar-refractivity contribution in [1.82, 2.24) is 10.5 Å². The van der Waals surface area contributed by atoms with Gasteiger partial charge in [-0.05, 0) is 11.1 Å². The number of amides is 1. The molecule has 21 saturated heterocycles. The van der Waals surface area contributed by atoms with Gasteiger partial charge in [-0.15, -0.1) is 0 Å². The van der Waals surface area contributed by atoms with Crippen LogP contribution in [-0.2, 0) is 66.3 Å². The Morgan fingerprint density at radius 2 is 0.552 bits per heavy atom. The molecule has 0 unspecified atom stereocenters. The van der Waals surface area contributed by atoms with Crippen molar-refractivity contribution in [1.29, 1.82) is 0 Å². The highest BCUT2D eigenvalue weighted by atomic mass is 16.8. The van der Waals surface area contributed by atoms with Crippen molar-refractivity contribution in [2.45, 2.75) is 215 Å². The summed E-state index contributed by atoms with van der Waals surface area (Å²) in [5.74, 6) is -0.881. The minimum absolute atomic E-state index is 0.0678. The van der Waals surface area contributed by atoms with Gasteiger partial charge in [0.2, 0.25) is 0 Å². The molecule has 2 aromatic carbocycles. The number of benzene rings is 2. The van der Waals surface area contributed by atoms with E-state index in [0.717, 1.165) is 17.4 Å². The third-order valence-corrected chi connectivity index (χ3v) is 18.1. The van der Waals surface area contributed by atoms with Gasteiger partial charge in [0.05, 0.1) is 39.6 Å². The summed E-state index contributed by atoms with van der Waals surface area (Å²) in [5, 5.41) is 232. The van der Waals surface area contributed by atoms with Crippen LogP contribution in [-0.4, -0.2) is 374 Å². The van der Waals surface area contributed by atoms with Crippen LogP contribution in [0.25, 0.3) is 22.4 Å². The van der Waals surface area contributed by atoms with E-state index >= 15 is 0 Å². The maximum absolute atomic E-state index is 14.2. The number of hydrogen-bond donors (Lipinski definition) is 21. The Kier molecular flexibility index (Phi) is 23.8. The van der Waals surface area contributed by atoms with E-state index in [1.165, 1.54) is 0 Å². The summed E-state index contributed by atoms with van der Waals surface area (Å²) in [6, 6.07) is 16.3. The fraction of sp³-hybridized carbons (Fsp3) is 0.724. The second-order valence-corrected chi connectivity index (χ2v) is 24.2. The summed E-state index contributed by atoms with van der Waals surface area (Å²) < 4.78 is 86.8. The number of aromatic nitrogens is 1. The van der Waals surface area contributed by atoms with Gasteiger partial charge in [0.25, 0.3) is 5.91 Å². The second kappa shape index (κ2) is 31.3. The Balaban J connectivity index is 0.885. The number of ether oxygens (including phenoxy) is 14.